The molecule has 32 heavy (non-hydrogen) atoms. The lowest BCUT2D eigenvalue weighted by Crippen LogP contribution is -2.41. The molecular weight excluding hydrogens is 408 g/mol. The number of amides is 2. The highest BCUT2D eigenvalue weighted by molar-refractivity contribution is 5.96. The van der Waals surface area contributed by atoms with Crippen molar-refractivity contribution < 1.29 is 23.8 Å². The molecule has 2 amide bonds. The van der Waals surface area contributed by atoms with Gasteiger partial charge in [0, 0.05) is 36.3 Å². The second-order valence-electron chi connectivity index (χ2n) is 7.98. The van der Waals surface area contributed by atoms with Crippen LogP contribution in [0.4, 0.5) is 5.69 Å². The maximum atomic E-state index is 13.0. The Morgan fingerprint density at radius 1 is 1.00 bits per heavy atom. The second kappa shape index (κ2) is 10.9. The average molecular weight is 441 g/mol. The fourth-order valence-electron chi connectivity index (χ4n) is 3.78. The Balaban J connectivity index is 1.57. The van der Waals surface area contributed by atoms with E-state index in [2.05, 4.69) is 12.2 Å². The van der Waals surface area contributed by atoms with Gasteiger partial charge in [0.05, 0.1) is 20.8 Å². The number of likely N-dealkylation sites (tertiary alicyclic amines) is 1. The number of aryl methyl sites for hydroxylation is 1. The van der Waals surface area contributed by atoms with E-state index in [0.29, 0.717) is 49.6 Å². The number of benzene rings is 2. The van der Waals surface area contributed by atoms with E-state index in [1.54, 1.807) is 37.3 Å². The van der Waals surface area contributed by atoms with Crippen molar-refractivity contribution in [2.75, 3.05) is 39.2 Å². The molecule has 0 aliphatic carbocycles. The molecule has 0 saturated carbocycles. The van der Waals surface area contributed by atoms with Crippen LogP contribution in [0, 0.1) is 12.8 Å². The Labute approximate surface area is 189 Å². The van der Waals surface area contributed by atoms with Crippen LogP contribution < -0.4 is 19.5 Å². The van der Waals surface area contributed by atoms with Crippen LogP contribution in [0.5, 0.6) is 17.2 Å². The maximum Gasteiger partial charge on any atom is 0.254 e. The molecule has 2 aromatic rings. The SMILES string of the molecule is CCCOc1ccc(NC(=O)C2CCN(C(=O)c3cc(OC)cc(OC)c3)CC2)c(C)c1. The number of carbonyl (C=O) groups excluding carboxylic acids is 2. The predicted molar refractivity (Wildman–Crippen MR) is 124 cm³/mol. The highest BCUT2D eigenvalue weighted by Crippen LogP contribution is 2.27. The van der Waals surface area contributed by atoms with Crippen molar-refractivity contribution in [2.45, 2.75) is 33.1 Å². The molecule has 0 spiro atoms. The molecule has 172 valence electrons. The minimum absolute atomic E-state index is 0.00882. The molecular formula is C25H32N2O5. The predicted octanol–water partition coefficient (Wildman–Crippen LogP) is 4.29. The third-order valence-corrected chi connectivity index (χ3v) is 5.68. The van der Waals surface area contributed by atoms with E-state index in [4.69, 9.17) is 14.2 Å². The number of anilines is 1. The monoisotopic (exact) mass is 440 g/mol. The summed E-state index contributed by atoms with van der Waals surface area (Å²) < 4.78 is 16.2. The second-order valence-corrected chi connectivity index (χ2v) is 7.98. The molecule has 7 nitrogen and oxygen atoms in total. The van der Waals surface area contributed by atoms with E-state index in [-0.39, 0.29) is 17.7 Å². The van der Waals surface area contributed by atoms with Gasteiger partial charge in [-0.3, -0.25) is 9.59 Å². The maximum absolute atomic E-state index is 13.0. The van der Waals surface area contributed by atoms with Crippen LogP contribution in [0.2, 0.25) is 0 Å². The van der Waals surface area contributed by atoms with E-state index in [1.165, 1.54) is 0 Å². The average Bonchev–Trinajstić information content (AvgIpc) is 2.83. The summed E-state index contributed by atoms with van der Waals surface area (Å²) in [6.45, 7) is 5.75. The van der Waals surface area contributed by atoms with E-state index in [0.717, 1.165) is 23.4 Å². The first-order valence-electron chi connectivity index (χ1n) is 11.0. The molecule has 0 atom stereocenters. The first-order valence-corrected chi connectivity index (χ1v) is 11.0. The van der Waals surface area contributed by atoms with Crippen LogP contribution in [0.3, 0.4) is 0 Å². The number of rotatable bonds is 8. The number of piperidine rings is 1. The highest BCUT2D eigenvalue weighted by atomic mass is 16.5. The van der Waals surface area contributed by atoms with E-state index in [1.807, 2.05) is 25.1 Å². The quantitative estimate of drug-likeness (QED) is 0.663. The summed E-state index contributed by atoms with van der Waals surface area (Å²) in [5.74, 6) is 1.73. The summed E-state index contributed by atoms with van der Waals surface area (Å²) >= 11 is 0. The Bertz CT molecular complexity index is 929. The Morgan fingerprint density at radius 2 is 1.66 bits per heavy atom. The smallest absolute Gasteiger partial charge is 0.254 e. The van der Waals surface area contributed by atoms with Gasteiger partial charge in [-0.05, 0) is 62.1 Å². The minimum atomic E-state index is -0.130. The van der Waals surface area contributed by atoms with Crippen LogP contribution >= 0.6 is 0 Å². The highest BCUT2D eigenvalue weighted by Gasteiger charge is 2.28. The van der Waals surface area contributed by atoms with Gasteiger partial charge in [0.15, 0.2) is 0 Å². The topological polar surface area (TPSA) is 77.1 Å². The molecule has 1 fully saturated rings. The van der Waals surface area contributed by atoms with Crippen molar-refractivity contribution in [3.63, 3.8) is 0 Å². The molecule has 0 unspecified atom stereocenters. The number of hydrogen-bond donors (Lipinski definition) is 1. The molecule has 1 aliphatic heterocycles. The third-order valence-electron chi connectivity index (χ3n) is 5.68. The van der Waals surface area contributed by atoms with Gasteiger partial charge >= 0.3 is 0 Å². The van der Waals surface area contributed by atoms with Gasteiger partial charge in [-0.15, -0.1) is 0 Å². The van der Waals surface area contributed by atoms with Gasteiger partial charge in [-0.25, -0.2) is 0 Å². The van der Waals surface area contributed by atoms with Gasteiger partial charge in [-0.2, -0.15) is 0 Å². The van der Waals surface area contributed by atoms with Gasteiger partial charge in [0.2, 0.25) is 5.91 Å². The summed E-state index contributed by atoms with van der Waals surface area (Å²) in [4.78, 5) is 27.5. The summed E-state index contributed by atoms with van der Waals surface area (Å²) in [6, 6.07) is 10.8. The molecule has 0 bridgehead atoms. The van der Waals surface area contributed by atoms with Crippen LogP contribution in [-0.2, 0) is 4.79 Å². The minimum Gasteiger partial charge on any atom is -0.497 e. The lowest BCUT2D eigenvalue weighted by molar-refractivity contribution is -0.121. The van der Waals surface area contributed by atoms with Crippen molar-refractivity contribution in [3.8, 4) is 17.2 Å². The summed E-state index contributed by atoms with van der Waals surface area (Å²) in [5, 5.41) is 3.04. The fraction of sp³-hybridized carbons (Fsp3) is 0.440. The standard InChI is InChI=1S/C25H32N2O5/c1-5-12-32-20-6-7-23(17(2)13-20)26-24(28)18-8-10-27(11-9-18)25(29)19-14-21(30-3)16-22(15-19)31-4/h6-7,13-16,18H,5,8-12H2,1-4H3,(H,26,28). The van der Waals surface area contributed by atoms with Crippen LogP contribution in [-0.4, -0.2) is 50.6 Å². The molecule has 2 aromatic carbocycles. The molecule has 1 heterocycles. The molecule has 1 saturated heterocycles. The van der Waals surface area contributed by atoms with Gasteiger partial charge in [0.25, 0.3) is 5.91 Å². The van der Waals surface area contributed by atoms with Crippen molar-refractivity contribution in [3.05, 3.63) is 47.5 Å². The van der Waals surface area contributed by atoms with Crippen molar-refractivity contribution in [2.24, 2.45) is 5.92 Å². The first kappa shape index (κ1) is 23.4. The largest absolute Gasteiger partial charge is 0.497 e. The number of ether oxygens (including phenoxy) is 3. The fourth-order valence-corrected chi connectivity index (χ4v) is 3.78. The Morgan fingerprint density at radius 3 is 2.22 bits per heavy atom. The number of nitrogens with zero attached hydrogens (tertiary/aromatic N) is 1. The van der Waals surface area contributed by atoms with Crippen molar-refractivity contribution in [1.82, 2.24) is 4.90 Å². The Kier molecular flexibility index (Phi) is 7.98. The van der Waals surface area contributed by atoms with E-state index in [9.17, 15) is 9.59 Å². The van der Waals surface area contributed by atoms with Gasteiger partial charge in [0.1, 0.15) is 17.2 Å². The molecule has 3 rings (SSSR count). The number of carbonyl (C=O) groups is 2. The van der Waals surface area contributed by atoms with E-state index >= 15 is 0 Å². The molecule has 0 radical (unpaired) electrons. The van der Waals surface area contributed by atoms with Gasteiger partial charge < -0.3 is 24.4 Å². The zero-order chi connectivity index (χ0) is 23.1. The molecule has 1 aliphatic rings. The van der Waals surface area contributed by atoms with Crippen molar-refractivity contribution >= 4 is 17.5 Å². The lowest BCUT2D eigenvalue weighted by atomic mass is 9.95. The van der Waals surface area contributed by atoms with Crippen molar-refractivity contribution in [1.29, 1.82) is 0 Å². The number of hydrogen-bond acceptors (Lipinski definition) is 5. The third kappa shape index (κ3) is 5.72. The van der Waals surface area contributed by atoms with Crippen LogP contribution in [0.25, 0.3) is 0 Å². The zero-order valence-electron chi connectivity index (χ0n) is 19.3. The molecule has 1 N–H and O–H groups in total. The van der Waals surface area contributed by atoms with Crippen LogP contribution in [0.1, 0.15) is 42.1 Å². The van der Waals surface area contributed by atoms with Crippen LogP contribution in [0.15, 0.2) is 36.4 Å². The first-order chi connectivity index (χ1) is 15.4. The van der Waals surface area contributed by atoms with E-state index < -0.39 is 0 Å². The summed E-state index contributed by atoms with van der Waals surface area (Å²) in [6.07, 6.45) is 2.19. The molecule has 7 heteroatoms. The summed E-state index contributed by atoms with van der Waals surface area (Å²) in [7, 11) is 3.11. The lowest BCUT2D eigenvalue weighted by Gasteiger charge is -2.31. The zero-order valence-corrected chi connectivity index (χ0v) is 19.3. The molecule has 0 aromatic heterocycles. The normalized spacial score (nSPS) is 14.1. The number of methoxy groups -OCH3 is 2. The Hall–Kier alpha value is -3.22. The van der Waals surface area contributed by atoms with Gasteiger partial charge in [-0.1, -0.05) is 6.92 Å². The summed E-state index contributed by atoms with van der Waals surface area (Å²) in [5.41, 5.74) is 2.28. The number of nitrogens with one attached hydrogen (secondary N) is 1.